The number of aliphatic carboxylic acids is 1. The van der Waals surface area contributed by atoms with Crippen molar-refractivity contribution in [2.45, 2.75) is 6.92 Å². The summed E-state index contributed by atoms with van der Waals surface area (Å²) in [7, 11) is 0. The zero-order valence-corrected chi connectivity index (χ0v) is 9.14. The second-order valence-corrected chi connectivity index (χ2v) is 3.33. The second kappa shape index (κ2) is 5.15. The molecule has 1 aromatic rings. The van der Waals surface area contributed by atoms with Crippen LogP contribution in [0.15, 0.2) is 16.9 Å². The van der Waals surface area contributed by atoms with Crippen molar-refractivity contribution in [3.8, 4) is 5.88 Å². The number of rotatable bonds is 4. The Morgan fingerprint density at radius 3 is 2.53 bits per heavy atom. The van der Waals surface area contributed by atoms with Gasteiger partial charge in [0.25, 0.3) is 11.5 Å². The minimum atomic E-state index is -1.14. The van der Waals surface area contributed by atoms with Crippen molar-refractivity contribution in [1.82, 2.24) is 9.88 Å². The molecule has 0 unspecified atom stereocenters. The molecule has 1 rings (SSSR count). The number of carboxylic acid groups (broad SMARTS) is 1. The molecular formula is C10H12N2O5. The first kappa shape index (κ1) is 12.8. The molecule has 0 bridgehead atoms. The number of hydrogen-bond donors (Lipinski definition) is 3. The van der Waals surface area contributed by atoms with E-state index in [-0.39, 0.29) is 12.1 Å². The Kier molecular flexibility index (Phi) is 3.86. The molecule has 7 heteroatoms. The number of aromatic hydroxyl groups is 1. The fourth-order valence-corrected chi connectivity index (χ4v) is 1.33. The highest BCUT2D eigenvalue weighted by molar-refractivity contribution is 5.95. The molecule has 0 aliphatic heterocycles. The number of nitrogens with one attached hydrogen (secondary N) is 1. The van der Waals surface area contributed by atoms with E-state index in [1.54, 1.807) is 6.92 Å². The zero-order valence-electron chi connectivity index (χ0n) is 9.14. The van der Waals surface area contributed by atoms with Crippen molar-refractivity contribution in [2.24, 2.45) is 0 Å². The minimum absolute atomic E-state index is 0.0469. The monoisotopic (exact) mass is 240 g/mol. The third kappa shape index (κ3) is 3.33. The van der Waals surface area contributed by atoms with Gasteiger partial charge in [0.05, 0.1) is 5.56 Å². The first-order valence-electron chi connectivity index (χ1n) is 4.88. The lowest BCUT2D eigenvalue weighted by atomic mass is 10.2. The van der Waals surface area contributed by atoms with Gasteiger partial charge in [-0.05, 0) is 6.92 Å². The molecule has 0 saturated carbocycles. The number of carbonyl (C=O) groups excluding carboxylic acids is 1. The first-order chi connectivity index (χ1) is 7.93. The molecule has 0 atom stereocenters. The van der Waals surface area contributed by atoms with E-state index < -0.39 is 29.9 Å². The number of H-pyrrole nitrogens is 1. The van der Waals surface area contributed by atoms with E-state index >= 15 is 0 Å². The predicted molar refractivity (Wildman–Crippen MR) is 57.9 cm³/mol. The molecule has 1 heterocycles. The second-order valence-electron chi connectivity index (χ2n) is 3.33. The third-order valence-electron chi connectivity index (χ3n) is 2.07. The van der Waals surface area contributed by atoms with Gasteiger partial charge in [-0.3, -0.25) is 19.4 Å². The van der Waals surface area contributed by atoms with Gasteiger partial charge in [-0.15, -0.1) is 0 Å². The van der Waals surface area contributed by atoms with E-state index in [4.69, 9.17) is 10.2 Å². The first-order valence-corrected chi connectivity index (χ1v) is 4.88. The fraction of sp³-hybridized carbons (Fsp3) is 0.300. The molecule has 7 nitrogen and oxygen atoms in total. The van der Waals surface area contributed by atoms with Gasteiger partial charge in [0, 0.05) is 18.7 Å². The number of aromatic amines is 1. The number of likely N-dealkylation sites (N-methyl/N-ethyl adjacent to an activating group) is 1. The van der Waals surface area contributed by atoms with Crippen LogP contribution in [0.25, 0.3) is 0 Å². The Morgan fingerprint density at radius 2 is 2.06 bits per heavy atom. The molecule has 0 fully saturated rings. The summed E-state index contributed by atoms with van der Waals surface area (Å²) >= 11 is 0. The van der Waals surface area contributed by atoms with Crippen molar-refractivity contribution in [1.29, 1.82) is 0 Å². The van der Waals surface area contributed by atoms with Crippen LogP contribution in [0.5, 0.6) is 5.88 Å². The van der Waals surface area contributed by atoms with Gasteiger partial charge in [-0.25, -0.2) is 0 Å². The van der Waals surface area contributed by atoms with Crippen LogP contribution in [-0.4, -0.2) is 45.1 Å². The van der Waals surface area contributed by atoms with Gasteiger partial charge in [0.1, 0.15) is 6.54 Å². The van der Waals surface area contributed by atoms with Gasteiger partial charge in [-0.1, -0.05) is 0 Å². The van der Waals surface area contributed by atoms with Crippen LogP contribution in [0.3, 0.4) is 0 Å². The number of nitrogens with zero attached hydrogens (tertiary/aromatic N) is 1. The number of hydrogen-bond acceptors (Lipinski definition) is 4. The molecule has 0 spiro atoms. The van der Waals surface area contributed by atoms with Gasteiger partial charge in [0.2, 0.25) is 0 Å². The van der Waals surface area contributed by atoms with E-state index in [1.807, 2.05) is 0 Å². The van der Waals surface area contributed by atoms with Crippen molar-refractivity contribution < 1.29 is 19.8 Å². The molecule has 0 saturated heterocycles. The topological polar surface area (TPSA) is 111 Å². The van der Waals surface area contributed by atoms with E-state index in [1.165, 1.54) is 0 Å². The van der Waals surface area contributed by atoms with Crippen LogP contribution in [0.4, 0.5) is 0 Å². The molecule has 0 aliphatic carbocycles. The predicted octanol–water partition coefficient (Wildman–Crippen LogP) is -0.373. The lowest BCUT2D eigenvalue weighted by Crippen LogP contribution is -2.35. The highest BCUT2D eigenvalue weighted by Crippen LogP contribution is 2.07. The van der Waals surface area contributed by atoms with Gasteiger partial charge < -0.3 is 15.1 Å². The van der Waals surface area contributed by atoms with Gasteiger partial charge >= 0.3 is 5.97 Å². The van der Waals surface area contributed by atoms with Crippen molar-refractivity contribution in [2.75, 3.05) is 13.1 Å². The summed E-state index contributed by atoms with van der Waals surface area (Å²) in [5, 5.41) is 17.7. The van der Waals surface area contributed by atoms with Crippen molar-refractivity contribution >= 4 is 11.9 Å². The fourth-order valence-electron chi connectivity index (χ4n) is 1.33. The average Bonchev–Trinajstić information content (AvgIpc) is 2.23. The summed E-state index contributed by atoms with van der Waals surface area (Å²) in [6, 6.07) is 2.08. The zero-order chi connectivity index (χ0) is 13.0. The van der Waals surface area contributed by atoms with Crippen LogP contribution in [0.2, 0.25) is 0 Å². The molecule has 3 N–H and O–H groups in total. The van der Waals surface area contributed by atoms with E-state index in [2.05, 4.69) is 4.98 Å². The Bertz CT molecular complexity index is 494. The SMILES string of the molecule is CCN(CC(=O)O)C(=O)c1cc(O)[nH]c(=O)c1. The smallest absolute Gasteiger partial charge is 0.323 e. The summed E-state index contributed by atoms with van der Waals surface area (Å²) in [6.45, 7) is 1.36. The summed E-state index contributed by atoms with van der Waals surface area (Å²) in [6.07, 6.45) is 0. The third-order valence-corrected chi connectivity index (χ3v) is 2.07. The van der Waals surface area contributed by atoms with Crippen LogP contribution in [0.1, 0.15) is 17.3 Å². The Labute approximate surface area is 96.3 Å². The number of carbonyl (C=O) groups is 2. The molecule has 1 amide bonds. The molecule has 17 heavy (non-hydrogen) atoms. The Balaban J connectivity index is 3.01. The minimum Gasteiger partial charge on any atom is -0.494 e. The maximum absolute atomic E-state index is 11.8. The Hall–Kier alpha value is -2.31. The van der Waals surface area contributed by atoms with Crippen LogP contribution in [-0.2, 0) is 4.79 Å². The largest absolute Gasteiger partial charge is 0.494 e. The van der Waals surface area contributed by atoms with Crippen LogP contribution < -0.4 is 5.56 Å². The molecule has 0 aromatic carbocycles. The molecule has 0 aliphatic rings. The molecule has 1 aromatic heterocycles. The lowest BCUT2D eigenvalue weighted by molar-refractivity contribution is -0.137. The lowest BCUT2D eigenvalue weighted by Gasteiger charge is -2.18. The summed E-state index contributed by atoms with van der Waals surface area (Å²) in [5.74, 6) is -2.20. The maximum Gasteiger partial charge on any atom is 0.323 e. The van der Waals surface area contributed by atoms with Gasteiger partial charge in [-0.2, -0.15) is 0 Å². The van der Waals surface area contributed by atoms with Crippen molar-refractivity contribution in [3.63, 3.8) is 0 Å². The quantitative estimate of drug-likeness (QED) is 0.664. The van der Waals surface area contributed by atoms with E-state index in [0.29, 0.717) is 0 Å². The van der Waals surface area contributed by atoms with Crippen LogP contribution >= 0.6 is 0 Å². The average molecular weight is 240 g/mol. The van der Waals surface area contributed by atoms with Crippen molar-refractivity contribution in [3.05, 3.63) is 28.0 Å². The maximum atomic E-state index is 11.8. The standard InChI is InChI=1S/C10H12N2O5/c1-2-12(5-9(15)16)10(17)6-3-7(13)11-8(14)4-6/h3-4H,2,5H2,1H3,(H,15,16)(H2,11,13,14). The highest BCUT2D eigenvalue weighted by Gasteiger charge is 2.17. The summed E-state index contributed by atoms with van der Waals surface area (Å²) in [5.41, 5.74) is -0.672. The summed E-state index contributed by atoms with van der Waals surface area (Å²) < 4.78 is 0. The number of pyridine rings is 1. The van der Waals surface area contributed by atoms with E-state index in [9.17, 15) is 14.4 Å². The Morgan fingerprint density at radius 1 is 1.41 bits per heavy atom. The normalized spacial score (nSPS) is 9.94. The number of aromatic nitrogens is 1. The van der Waals surface area contributed by atoms with Crippen LogP contribution in [0, 0.1) is 0 Å². The molecule has 92 valence electrons. The highest BCUT2D eigenvalue weighted by atomic mass is 16.4. The molecular weight excluding hydrogens is 228 g/mol. The summed E-state index contributed by atoms with van der Waals surface area (Å²) in [4.78, 5) is 36.5. The van der Waals surface area contributed by atoms with Gasteiger partial charge in [0.15, 0.2) is 5.88 Å². The number of amides is 1. The molecule has 0 radical (unpaired) electrons. The number of carboxylic acids is 1. The van der Waals surface area contributed by atoms with E-state index in [0.717, 1.165) is 17.0 Å².